The molecule has 10 heterocycles. The van der Waals surface area contributed by atoms with Crippen LogP contribution < -0.4 is 0 Å². The Kier molecular flexibility index (Phi) is 16.7. The quantitative estimate of drug-likeness (QED) is 0.143. The number of para-hydroxylation sites is 5. The van der Waals surface area contributed by atoms with Crippen molar-refractivity contribution in [2.45, 2.75) is 0 Å². The number of benzene rings is 20. The molecule has 0 saturated heterocycles. The monoisotopic (exact) mass is 1740 g/mol. The van der Waals surface area contributed by atoms with E-state index in [9.17, 15) is 0 Å². The van der Waals surface area contributed by atoms with Crippen molar-refractivity contribution in [3.05, 3.63) is 455 Å². The molecule has 0 aliphatic heterocycles. The average molecular weight is 1740 g/mol. The number of aromatic nitrogens is 11. The Balaban J connectivity index is 0.0000000998. The molecule has 11 nitrogen and oxygen atoms in total. The van der Waals surface area contributed by atoms with Crippen LogP contribution in [0.25, 0.3) is 282 Å². The maximum Gasteiger partial charge on any atom is 0.235 e. The van der Waals surface area contributed by atoms with Gasteiger partial charge in [-0.1, -0.05) is 364 Å². The van der Waals surface area contributed by atoms with E-state index in [0.29, 0.717) is 11.9 Å². The zero-order valence-corrected chi connectivity index (χ0v) is 73.7. The lowest BCUT2D eigenvalue weighted by atomic mass is 9.93. The van der Waals surface area contributed by atoms with Crippen molar-refractivity contribution >= 4 is 174 Å². The topological polar surface area (TPSA) is 101 Å². The Morgan fingerprint density at radius 3 is 1.07 bits per heavy atom. The van der Waals surface area contributed by atoms with Crippen LogP contribution in [0.2, 0.25) is 0 Å². The summed E-state index contributed by atoms with van der Waals surface area (Å²) >= 11 is 0. The van der Waals surface area contributed by atoms with Gasteiger partial charge in [-0.15, -0.1) is 0 Å². The van der Waals surface area contributed by atoms with Gasteiger partial charge in [0.15, 0.2) is 0 Å². The molecule has 0 bridgehead atoms. The lowest BCUT2D eigenvalue weighted by Gasteiger charge is -2.14. The van der Waals surface area contributed by atoms with Gasteiger partial charge in [-0.25, -0.2) is 29.9 Å². The summed E-state index contributed by atoms with van der Waals surface area (Å²) in [5.41, 5.74) is 35.1. The Morgan fingerprint density at radius 2 is 0.526 bits per heavy atom. The van der Waals surface area contributed by atoms with E-state index in [0.717, 1.165) is 106 Å². The van der Waals surface area contributed by atoms with Crippen molar-refractivity contribution in [1.82, 2.24) is 52.4 Å². The van der Waals surface area contributed by atoms with Gasteiger partial charge in [0, 0.05) is 104 Å². The second-order valence-corrected chi connectivity index (χ2v) is 35.8. The predicted molar refractivity (Wildman–Crippen MR) is 568 cm³/mol. The first-order valence-electron chi connectivity index (χ1n) is 46.6. The van der Waals surface area contributed by atoms with E-state index >= 15 is 0 Å². The van der Waals surface area contributed by atoms with Gasteiger partial charge in [0.1, 0.15) is 0 Å². The zero-order chi connectivity index (χ0) is 89.6. The van der Waals surface area contributed by atoms with E-state index < -0.39 is 0 Å². The summed E-state index contributed by atoms with van der Waals surface area (Å²) in [5, 5.41) is 21.1. The molecule has 0 fully saturated rings. The van der Waals surface area contributed by atoms with Crippen molar-refractivity contribution in [3.63, 3.8) is 0 Å². The fraction of sp³-hybridized carbons (Fsp3) is 0. The summed E-state index contributed by atoms with van der Waals surface area (Å²) in [4.78, 5) is 31.6. The highest BCUT2D eigenvalue weighted by molar-refractivity contribution is 6.36. The van der Waals surface area contributed by atoms with E-state index in [1.165, 1.54) is 164 Å². The lowest BCUT2D eigenvalue weighted by Crippen LogP contribution is -2.04. The third-order valence-corrected chi connectivity index (χ3v) is 28.5. The molecular weight excluding hydrogens is 1670 g/mol. The Morgan fingerprint density at radius 1 is 0.161 bits per heavy atom. The van der Waals surface area contributed by atoms with Crippen LogP contribution in [0.5, 0.6) is 0 Å². The van der Waals surface area contributed by atoms with Crippen LogP contribution in [-0.4, -0.2) is 52.4 Å². The predicted octanol–water partition coefficient (Wildman–Crippen LogP) is 32.1. The molecule has 0 N–H and O–H groups in total. The van der Waals surface area contributed by atoms with Crippen LogP contribution in [0.3, 0.4) is 0 Å². The van der Waals surface area contributed by atoms with Crippen LogP contribution in [-0.2, 0) is 0 Å². The third-order valence-electron chi connectivity index (χ3n) is 28.5. The molecule has 0 amide bonds. The summed E-state index contributed by atoms with van der Waals surface area (Å²) in [5.74, 6) is 1.34. The first-order valence-corrected chi connectivity index (χ1v) is 46.6. The fourth-order valence-corrected chi connectivity index (χ4v) is 22.6. The van der Waals surface area contributed by atoms with E-state index in [1.54, 1.807) is 0 Å². The third kappa shape index (κ3) is 11.5. The summed E-state index contributed by atoms with van der Waals surface area (Å²) < 4.78 is 11.9. The van der Waals surface area contributed by atoms with Crippen molar-refractivity contribution in [3.8, 4) is 107 Å². The maximum absolute atomic E-state index is 5.40. The van der Waals surface area contributed by atoms with Crippen molar-refractivity contribution in [2.75, 3.05) is 0 Å². The van der Waals surface area contributed by atoms with E-state index in [-0.39, 0.29) is 0 Å². The summed E-state index contributed by atoms with van der Waals surface area (Å²) in [6.07, 6.45) is 0. The first kappa shape index (κ1) is 76.2. The molecular formula is C126H75N11. The minimum atomic E-state index is 0.670. The second-order valence-electron chi connectivity index (χ2n) is 35.8. The Bertz CT molecular complexity index is 10200. The molecule has 634 valence electrons. The highest BCUT2D eigenvalue weighted by Gasteiger charge is 2.31. The second kappa shape index (κ2) is 30.0. The van der Waals surface area contributed by atoms with Crippen LogP contribution >= 0.6 is 0 Å². The molecule has 30 aromatic rings. The van der Waals surface area contributed by atoms with Crippen LogP contribution in [0.4, 0.5) is 0 Å². The van der Waals surface area contributed by atoms with Gasteiger partial charge >= 0.3 is 0 Å². The van der Waals surface area contributed by atoms with E-state index in [1.807, 2.05) is 24.3 Å². The molecule has 0 unspecified atom stereocenters. The van der Waals surface area contributed by atoms with Crippen LogP contribution in [0.15, 0.2) is 455 Å². The van der Waals surface area contributed by atoms with Crippen LogP contribution in [0, 0.1) is 0 Å². The normalized spacial score (nSPS) is 12.1. The van der Waals surface area contributed by atoms with Gasteiger partial charge in [-0.2, -0.15) is 0 Å². The van der Waals surface area contributed by atoms with E-state index in [2.05, 4.69) is 453 Å². The number of hydrogen-bond acceptors (Lipinski definition) is 6. The lowest BCUT2D eigenvalue weighted by molar-refractivity contribution is 0.996. The molecule has 0 spiro atoms. The minimum absolute atomic E-state index is 0.670. The highest BCUT2D eigenvalue weighted by atomic mass is 15.2. The molecule has 0 radical (unpaired) electrons. The number of hydrogen-bond donors (Lipinski definition) is 0. The Hall–Kier alpha value is -18.6. The van der Waals surface area contributed by atoms with Crippen LogP contribution in [0.1, 0.15) is 0 Å². The van der Waals surface area contributed by atoms with Gasteiger partial charge in [0.25, 0.3) is 0 Å². The Labute approximate surface area is 783 Å². The van der Waals surface area contributed by atoms with Crippen molar-refractivity contribution in [1.29, 1.82) is 0 Å². The molecule has 137 heavy (non-hydrogen) atoms. The fourth-order valence-electron chi connectivity index (χ4n) is 22.6. The van der Waals surface area contributed by atoms with Gasteiger partial charge in [0.2, 0.25) is 11.9 Å². The summed E-state index contributed by atoms with van der Waals surface area (Å²) in [6, 6.07) is 162. The molecule has 11 heteroatoms. The highest BCUT2D eigenvalue weighted by Crippen LogP contribution is 2.53. The minimum Gasteiger partial charge on any atom is -0.309 e. The number of nitrogens with zero attached hydrogens (tertiary/aromatic N) is 11. The largest absolute Gasteiger partial charge is 0.309 e. The molecule has 10 aromatic heterocycles. The van der Waals surface area contributed by atoms with E-state index in [4.69, 9.17) is 29.9 Å². The zero-order valence-electron chi connectivity index (χ0n) is 73.7. The molecule has 1 aliphatic rings. The smallest absolute Gasteiger partial charge is 0.235 e. The molecule has 1 aliphatic carbocycles. The summed E-state index contributed by atoms with van der Waals surface area (Å²) in [6.45, 7) is 0. The van der Waals surface area contributed by atoms with Gasteiger partial charge < -0.3 is 13.4 Å². The summed E-state index contributed by atoms with van der Waals surface area (Å²) in [7, 11) is 0. The molecule has 20 aromatic carbocycles. The van der Waals surface area contributed by atoms with Gasteiger partial charge in [0.05, 0.1) is 111 Å². The SMILES string of the molecule is c1ccc(-c2cc(-c3ccccc3)nc(-n3c4cccc5c4c4c6c(cccc6ccc43)-c3ccccc3-5)n2)cc1.c1ccc(-c2ccc(-c3nc(-n4c5cccc6c7ccccc7n7c8ccccc8c8ccc4c(c65)c87)nc4ccccc34)cc2)cc1.c1ccc(-c2nc3ccc(-n4c5cccc6c7ccccc7n7c8ccccc8c8ccc4c(c65)c87)cc3nc2-c2ccccc2)cc1. The van der Waals surface area contributed by atoms with Crippen molar-refractivity contribution in [2.24, 2.45) is 0 Å². The standard InChI is InChI=1S/2C44H26N4.C38H23N3/c1-3-12-27(13-4-1)42-43(28-14-5-2-6-15-28)46-35-26-29(22-24-34(35)45-42)47-38-21-11-18-32-30-16-7-9-19-36(30)48-37-20-10-8-17-31(37)33-23-25-39(47)41(40(32)38)44(33)48;1-2-11-27(12-3-1)28-21-23-29(24-22-28)42-34-15-4-7-17-35(34)45-44(46-42)48-38-20-10-16-32-30-13-5-8-18-36(30)47-37-19-9-6-14-31(37)33-25-26-39(48)41(40(32)38)43(33)47;1-3-11-24(12-4-1)31-23-32(25-13-5-2-6-14-25)40-38(39-31)41-33-20-10-19-30-28-17-8-7-16-27(28)29-18-9-15-26-21-22-34(41)37(35(26)29)36(30)33/h2*1-26H;1-23H. The number of fused-ring (bicyclic) bond motifs is 17. The van der Waals surface area contributed by atoms with Crippen molar-refractivity contribution < 1.29 is 0 Å². The van der Waals surface area contributed by atoms with Gasteiger partial charge in [-0.3, -0.25) is 9.13 Å². The molecule has 0 saturated carbocycles. The molecule has 0 atom stereocenters. The molecule has 31 rings (SSSR count). The van der Waals surface area contributed by atoms with Gasteiger partial charge in [-0.05, 0) is 146 Å². The average Bonchev–Trinajstić information content (AvgIpc) is 1.53. The number of rotatable bonds is 9. The first-order chi connectivity index (χ1) is 68.0. The maximum atomic E-state index is 5.40.